The first-order valence-corrected chi connectivity index (χ1v) is 6.72. The quantitative estimate of drug-likeness (QED) is 0.822. The standard InChI is InChI=1S/C13H22N4O2/c1-11(9-17-3-5-19-6-4-17)7-14-13(18)12-8-15-16(2)10-12/h8,10-11H,3-7,9H2,1-2H3,(H,14,18). The van der Waals surface area contributed by atoms with Crippen molar-refractivity contribution in [1.29, 1.82) is 0 Å². The van der Waals surface area contributed by atoms with E-state index in [0.717, 1.165) is 32.8 Å². The van der Waals surface area contributed by atoms with Crippen LogP contribution < -0.4 is 5.32 Å². The summed E-state index contributed by atoms with van der Waals surface area (Å²) in [5, 5.41) is 6.94. The summed E-state index contributed by atoms with van der Waals surface area (Å²) < 4.78 is 6.95. The van der Waals surface area contributed by atoms with E-state index in [2.05, 4.69) is 22.2 Å². The van der Waals surface area contributed by atoms with Gasteiger partial charge in [-0.05, 0) is 5.92 Å². The van der Waals surface area contributed by atoms with E-state index in [1.165, 1.54) is 0 Å². The van der Waals surface area contributed by atoms with Gasteiger partial charge in [-0.3, -0.25) is 14.4 Å². The van der Waals surface area contributed by atoms with E-state index in [9.17, 15) is 4.79 Å². The number of hydrogen-bond donors (Lipinski definition) is 1. The number of nitrogens with one attached hydrogen (secondary N) is 1. The topological polar surface area (TPSA) is 59.4 Å². The molecule has 1 aliphatic rings. The second-order valence-electron chi connectivity index (χ2n) is 5.13. The second kappa shape index (κ2) is 6.68. The smallest absolute Gasteiger partial charge is 0.254 e. The van der Waals surface area contributed by atoms with E-state index in [1.54, 1.807) is 24.1 Å². The van der Waals surface area contributed by atoms with Crippen molar-refractivity contribution in [2.24, 2.45) is 13.0 Å². The number of carbonyl (C=O) groups is 1. The number of hydrogen-bond acceptors (Lipinski definition) is 4. The number of rotatable bonds is 5. The molecule has 1 saturated heterocycles. The molecule has 19 heavy (non-hydrogen) atoms. The first-order valence-electron chi connectivity index (χ1n) is 6.72. The third-order valence-corrected chi connectivity index (χ3v) is 3.25. The van der Waals surface area contributed by atoms with Crippen LogP contribution in [0.1, 0.15) is 17.3 Å². The van der Waals surface area contributed by atoms with Gasteiger partial charge < -0.3 is 10.1 Å². The van der Waals surface area contributed by atoms with Crippen LogP contribution >= 0.6 is 0 Å². The Kier molecular flexibility index (Phi) is 4.93. The molecule has 1 aliphatic heterocycles. The van der Waals surface area contributed by atoms with Crippen molar-refractivity contribution >= 4 is 5.91 Å². The lowest BCUT2D eigenvalue weighted by Crippen LogP contribution is -2.41. The molecule has 0 bridgehead atoms. The Labute approximate surface area is 113 Å². The van der Waals surface area contributed by atoms with Gasteiger partial charge in [0.2, 0.25) is 0 Å². The fourth-order valence-electron chi connectivity index (χ4n) is 2.20. The number of morpholine rings is 1. The Morgan fingerprint density at radius 1 is 1.53 bits per heavy atom. The third-order valence-electron chi connectivity index (χ3n) is 3.25. The molecule has 106 valence electrons. The van der Waals surface area contributed by atoms with Crippen LogP contribution in [-0.2, 0) is 11.8 Å². The zero-order chi connectivity index (χ0) is 13.7. The van der Waals surface area contributed by atoms with Crippen LogP contribution in [-0.4, -0.2) is 60.0 Å². The van der Waals surface area contributed by atoms with Crippen molar-refractivity contribution in [3.05, 3.63) is 18.0 Å². The number of amides is 1. The summed E-state index contributed by atoms with van der Waals surface area (Å²) >= 11 is 0. The molecule has 1 unspecified atom stereocenters. The number of nitrogens with zero attached hydrogens (tertiary/aromatic N) is 3. The van der Waals surface area contributed by atoms with Crippen LogP contribution in [0.4, 0.5) is 0 Å². The molecular formula is C13H22N4O2. The van der Waals surface area contributed by atoms with Crippen molar-refractivity contribution in [2.45, 2.75) is 6.92 Å². The molecule has 0 aliphatic carbocycles. The fourth-order valence-corrected chi connectivity index (χ4v) is 2.20. The summed E-state index contributed by atoms with van der Waals surface area (Å²) in [6.45, 7) is 7.44. The Balaban J connectivity index is 1.70. The lowest BCUT2D eigenvalue weighted by molar-refractivity contribution is 0.0317. The molecule has 1 amide bonds. The molecule has 2 heterocycles. The first-order chi connectivity index (χ1) is 9.15. The van der Waals surface area contributed by atoms with Crippen LogP contribution in [0.5, 0.6) is 0 Å². The predicted octanol–water partition coefficient (Wildman–Crippen LogP) is 0.118. The van der Waals surface area contributed by atoms with E-state index in [-0.39, 0.29) is 5.91 Å². The highest BCUT2D eigenvalue weighted by atomic mass is 16.5. The molecule has 1 atom stereocenters. The van der Waals surface area contributed by atoms with Gasteiger partial charge in [0.15, 0.2) is 0 Å². The maximum absolute atomic E-state index is 11.9. The summed E-state index contributed by atoms with van der Waals surface area (Å²) in [5.74, 6) is 0.376. The van der Waals surface area contributed by atoms with Gasteiger partial charge in [-0.1, -0.05) is 6.92 Å². The van der Waals surface area contributed by atoms with Crippen molar-refractivity contribution in [3.8, 4) is 0 Å². The Morgan fingerprint density at radius 3 is 2.89 bits per heavy atom. The SMILES string of the molecule is CC(CNC(=O)c1cnn(C)c1)CN1CCOCC1. The molecule has 1 aromatic heterocycles. The summed E-state index contributed by atoms with van der Waals surface area (Å²) in [4.78, 5) is 14.2. The first kappa shape index (κ1) is 14.0. The molecule has 1 N–H and O–H groups in total. The normalized spacial score (nSPS) is 18.2. The van der Waals surface area contributed by atoms with Crippen LogP contribution in [0.15, 0.2) is 12.4 Å². The number of ether oxygens (including phenoxy) is 1. The van der Waals surface area contributed by atoms with Crippen molar-refractivity contribution < 1.29 is 9.53 Å². The van der Waals surface area contributed by atoms with Gasteiger partial charge in [-0.2, -0.15) is 5.10 Å². The van der Waals surface area contributed by atoms with Crippen LogP contribution in [0.3, 0.4) is 0 Å². The van der Waals surface area contributed by atoms with E-state index in [4.69, 9.17) is 4.74 Å². The maximum atomic E-state index is 11.9. The number of aryl methyl sites for hydroxylation is 1. The monoisotopic (exact) mass is 266 g/mol. The van der Waals surface area contributed by atoms with Crippen molar-refractivity contribution in [2.75, 3.05) is 39.4 Å². The molecule has 2 rings (SSSR count). The van der Waals surface area contributed by atoms with E-state index < -0.39 is 0 Å². The van der Waals surface area contributed by atoms with E-state index in [0.29, 0.717) is 18.0 Å². The Hall–Kier alpha value is -1.40. The van der Waals surface area contributed by atoms with E-state index >= 15 is 0 Å². The fraction of sp³-hybridized carbons (Fsp3) is 0.692. The minimum Gasteiger partial charge on any atom is -0.379 e. The van der Waals surface area contributed by atoms with Gasteiger partial charge in [-0.15, -0.1) is 0 Å². The minimum absolute atomic E-state index is 0.0538. The zero-order valence-electron chi connectivity index (χ0n) is 11.6. The van der Waals surface area contributed by atoms with E-state index in [1.807, 2.05) is 0 Å². The van der Waals surface area contributed by atoms with Gasteiger partial charge in [0.1, 0.15) is 0 Å². The molecule has 1 fully saturated rings. The highest BCUT2D eigenvalue weighted by molar-refractivity contribution is 5.93. The van der Waals surface area contributed by atoms with Gasteiger partial charge in [-0.25, -0.2) is 0 Å². The summed E-state index contributed by atoms with van der Waals surface area (Å²) in [6.07, 6.45) is 3.31. The summed E-state index contributed by atoms with van der Waals surface area (Å²) in [6, 6.07) is 0. The largest absolute Gasteiger partial charge is 0.379 e. The zero-order valence-corrected chi connectivity index (χ0v) is 11.6. The molecular weight excluding hydrogens is 244 g/mol. The molecule has 0 saturated carbocycles. The number of aromatic nitrogens is 2. The molecule has 0 spiro atoms. The summed E-state index contributed by atoms with van der Waals surface area (Å²) in [7, 11) is 1.80. The highest BCUT2D eigenvalue weighted by Gasteiger charge is 2.15. The van der Waals surface area contributed by atoms with Crippen LogP contribution in [0, 0.1) is 5.92 Å². The minimum atomic E-state index is -0.0538. The van der Waals surface area contributed by atoms with Gasteiger partial charge in [0.25, 0.3) is 5.91 Å². The Bertz CT molecular complexity index is 413. The van der Waals surface area contributed by atoms with Crippen molar-refractivity contribution in [3.63, 3.8) is 0 Å². The molecule has 0 radical (unpaired) electrons. The summed E-state index contributed by atoms with van der Waals surface area (Å²) in [5.41, 5.74) is 0.612. The predicted molar refractivity (Wildman–Crippen MR) is 72.0 cm³/mol. The lowest BCUT2D eigenvalue weighted by atomic mass is 10.1. The molecule has 1 aromatic rings. The van der Waals surface area contributed by atoms with Gasteiger partial charge in [0.05, 0.1) is 25.0 Å². The third kappa shape index (κ3) is 4.33. The average Bonchev–Trinajstić information content (AvgIpc) is 2.84. The highest BCUT2D eigenvalue weighted by Crippen LogP contribution is 2.03. The second-order valence-corrected chi connectivity index (χ2v) is 5.13. The molecule has 0 aromatic carbocycles. The van der Waals surface area contributed by atoms with Gasteiger partial charge in [0, 0.05) is 39.4 Å². The average molecular weight is 266 g/mol. The van der Waals surface area contributed by atoms with Crippen LogP contribution in [0.25, 0.3) is 0 Å². The molecule has 6 heteroatoms. The lowest BCUT2D eigenvalue weighted by Gasteiger charge is -2.29. The Morgan fingerprint density at radius 2 is 2.26 bits per heavy atom. The van der Waals surface area contributed by atoms with Gasteiger partial charge >= 0.3 is 0 Å². The maximum Gasteiger partial charge on any atom is 0.254 e. The molecule has 6 nitrogen and oxygen atoms in total. The number of carbonyl (C=O) groups excluding carboxylic acids is 1. The van der Waals surface area contributed by atoms with Crippen LogP contribution in [0.2, 0.25) is 0 Å². The van der Waals surface area contributed by atoms with Crippen molar-refractivity contribution in [1.82, 2.24) is 20.0 Å².